The molecule has 9 heteroatoms. The van der Waals surface area contributed by atoms with Crippen molar-refractivity contribution in [2.45, 2.75) is 20.4 Å². The summed E-state index contributed by atoms with van der Waals surface area (Å²) in [5.74, 6) is 0. The maximum Gasteiger partial charge on any atom is 0.271 e. The summed E-state index contributed by atoms with van der Waals surface area (Å²) < 4.78 is 53.8. The highest BCUT2D eigenvalue weighted by Gasteiger charge is 2.24. The van der Waals surface area contributed by atoms with E-state index in [1.54, 1.807) is 36.5 Å². The zero-order valence-electron chi connectivity index (χ0n) is 15.0. The third-order valence-electron chi connectivity index (χ3n) is 4.28. The molecule has 0 radical (unpaired) electrons. The number of thiophene rings is 1. The minimum absolute atomic E-state index is 0.0534. The monoisotopic (exact) mass is 444 g/mol. The van der Waals surface area contributed by atoms with Crippen molar-refractivity contribution in [3.8, 4) is 0 Å². The van der Waals surface area contributed by atoms with Gasteiger partial charge in [-0.05, 0) is 42.0 Å². The fourth-order valence-corrected chi connectivity index (χ4v) is 6.83. The van der Waals surface area contributed by atoms with Gasteiger partial charge in [-0.25, -0.2) is 16.8 Å². The number of sulfone groups is 1. The smallest absolute Gasteiger partial charge is 0.271 e. The van der Waals surface area contributed by atoms with Gasteiger partial charge in [0.15, 0.2) is 0 Å². The number of hydrogen-bond acceptors (Lipinski definition) is 6. The molecule has 6 nitrogen and oxygen atoms in total. The first-order valence-corrected chi connectivity index (χ1v) is 12.5. The molecule has 0 fully saturated rings. The van der Waals surface area contributed by atoms with Crippen LogP contribution in [-0.2, 0) is 19.9 Å². The van der Waals surface area contributed by atoms with Crippen LogP contribution in [0.2, 0.25) is 0 Å². The van der Waals surface area contributed by atoms with Gasteiger partial charge in [0.1, 0.15) is 4.21 Å². The maximum atomic E-state index is 12.9. The minimum Gasteiger partial charge on any atom is -0.277 e. The van der Waals surface area contributed by atoms with Gasteiger partial charge in [0.2, 0.25) is 9.84 Å². The van der Waals surface area contributed by atoms with Crippen molar-refractivity contribution in [1.82, 2.24) is 9.71 Å². The summed E-state index contributed by atoms with van der Waals surface area (Å²) in [5.41, 5.74) is 0.343. The summed E-state index contributed by atoms with van der Waals surface area (Å²) in [5, 5.41) is 2.69. The Bertz CT molecular complexity index is 1420. The van der Waals surface area contributed by atoms with Crippen molar-refractivity contribution < 1.29 is 16.8 Å². The van der Waals surface area contributed by atoms with Crippen LogP contribution in [0.4, 0.5) is 0 Å². The zero-order chi connectivity index (χ0) is 20.5. The first kappa shape index (κ1) is 19.6. The predicted octanol–water partition coefficient (Wildman–Crippen LogP) is 1.80. The second-order valence-electron chi connectivity index (χ2n) is 6.22. The number of sulfonamides is 1. The first-order chi connectivity index (χ1) is 13.9. The number of hydrogen-bond donors (Lipinski definition) is 1. The second kappa shape index (κ2) is 7.58. The van der Waals surface area contributed by atoms with E-state index in [2.05, 4.69) is 9.71 Å². The topological polar surface area (TPSA) is 93.2 Å². The molecule has 0 aliphatic heterocycles. The van der Waals surface area contributed by atoms with Crippen molar-refractivity contribution in [3.05, 3.63) is 82.8 Å². The van der Waals surface area contributed by atoms with Gasteiger partial charge in [0.05, 0.1) is 20.8 Å². The molecule has 0 saturated carbocycles. The van der Waals surface area contributed by atoms with Gasteiger partial charge in [-0.3, -0.25) is 9.71 Å². The number of fused-ring (bicyclic) bond motifs is 1. The van der Waals surface area contributed by atoms with E-state index in [0.717, 1.165) is 16.6 Å². The summed E-state index contributed by atoms with van der Waals surface area (Å²) in [4.78, 5) is 4.35. The summed E-state index contributed by atoms with van der Waals surface area (Å²) >= 11 is 0.858. The van der Waals surface area contributed by atoms with Crippen LogP contribution in [0.5, 0.6) is 0 Å². The lowest BCUT2D eigenvalue weighted by Gasteiger charge is -2.07. The lowest BCUT2D eigenvalue weighted by Crippen LogP contribution is -2.35. The Morgan fingerprint density at radius 3 is 2.55 bits per heavy atom. The van der Waals surface area contributed by atoms with Crippen LogP contribution < -0.4 is 15.3 Å². The van der Waals surface area contributed by atoms with Gasteiger partial charge < -0.3 is 0 Å². The summed E-state index contributed by atoms with van der Waals surface area (Å²) in [6.07, 6.45) is 7.70. The standard InChI is InChI=1S/C20H16N2O4S3/c23-28(24,16-9-2-1-3-10-16)17-13-19(27-14-17)29(25,26)22-18-11-5-4-7-15-8-6-12-21-20(15)18/h1-3,5-14,22H,4H2. The number of aromatic nitrogens is 1. The second-order valence-corrected chi connectivity index (χ2v) is 11.0. The van der Waals surface area contributed by atoms with Crippen molar-refractivity contribution in [2.75, 3.05) is 0 Å². The molecule has 0 amide bonds. The van der Waals surface area contributed by atoms with Gasteiger partial charge in [-0.2, -0.15) is 0 Å². The normalized spacial score (nSPS) is 14.0. The van der Waals surface area contributed by atoms with Crippen molar-refractivity contribution in [2.24, 2.45) is 0 Å². The van der Waals surface area contributed by atoms with Crippen LogP contribution in [0.15, 0.2) is 86.3 Å². The van der Waals surface area contributed by atoms with Gasteiger partial charge in [0.25, 0.3) is 10.0 Å². The fraction of sp³-hybridized carbons (Fsp3) is 0.0500. The Balaban J connectivity index is 1.73. The fourth-order valence-electron chi connectivity index (χ4n) is 2.86. The van der Waals surface area contributed by atoms with E-state index in [0.29, 0.717) is 17.5 Å². The van der Waals surface area contributed by atoms with Gasteiger partial charge in [-0.15, -0.1) is 11.3 Å². The molecule has 1 N–H and O–H groups in total. The van der Waals surface area contributed by atoms with E-state index in [4.69, 9.17) is 0 Å². The van der Waals surface area contributed by atoms with Crippen LogP contribution in [0.3, 0.4) is 0 Å². The molecule has 148 valence electrons. The number of nitrogens with one attached hydrogen (secondary N) is 1. The molecule has 0 spiro atoms. The van der Waals surface area contributed by atoms with Crippen LogP contribution in [0, 0.1) is 0 Å². The number of pyridine rings is 1. The van der Waals surface area contributed by atoms with Crippen molar-refractivity contribution >= 4 is 43.0 Å². The number of allylic oxidation sites excluding steroid dienone is 1. The number of nitrogens with zero attached hydrogens (tertiary/aromatic N) is 1. The Morgan fingerprint density at radius 1 is 0.966 bits per heavy atom. The lowest BCUT2D eigenvalue weighted by atomic mass is 10.3. The van der Waals surface area contributed by atoms with Crippen LogP contribution >= 0.6 is 11.3 Å². The molecule has 1 aliphatic rings. The third kappa shape index (κ3) is 3.89. The van der Waals surface area contributed by atoms with Gasteiger partial charge in [0, 0.05) is 11.6 Å². The minimum atomic E-state index is -3.98. The van der Waals surface area contributed by atoms with E-state index in [1.165, 1.54) is 23.6 Å². The molecule has 2 aromatic heterocycles. The molecular weight excluding hydrogens is 428 g/mol. The summed E-state index contributed by atoms with van der Waals surface area (Å²) in [7, 11) is -7.76. The Morgan fingerprint density at radius 2 is 1.76 bits per heavy atom. The molecule has 4 rings (SSSR count). The average Bonchev–Trinajstić information content (AvgIpc) is 3.16. The van der Waals surface area contributed by atoms with Gasteiger partial charge >= 0.3 is 0 Å². The van der Waals surface area contributed by atoms with Crippen molar-refractivity contribution in [3.63, 3.8) is 0 Å². The van der Waals surface area contributed by atoms with Crippen molar-refractivity contribution in [1.29, 1.82) is 0 Å². The molecule has 0 atom stereocenters. The Kier molecular flexibility index (Phi) is 5.12. The summed E-state index contributed by atoms with van der Waals surface area (Å²) in [6.45, 7) is 0. The highest BCUT2D eigenvalue weighted by atomic mass is 32.2. The van der Waals surface area contributed by atoms with Crippen LogP contribution in [0.1, 0.15) is 6.42 Å². The number of rotatable bonds is 5. The largest absolute Gasteiger partial charge is 0.277 e. The van der Waals surface area contributed by atoms with Crippen LogP contribution in [0.25, 0.3) is 11.8 Å². The highest BCUT2D eigenvalue weighted by molar-refractivity contribution is 7.93. The average molecular weight is 445 g/mol. The van der Waals surface area contributed by atoms with E-state index >= 15 is 0 Å². The first-order valence-electron chi connectivity index (χ1n) is 8.61. The zero-order valence-corrected chi connectivity index (χ0v) is 17.5. The molecule has 0 unspecified atom stereocenters. The quantitative estimate of drug-likeness (QED) is 0.648. The molecule has 2 heterocycles. The van der Waals surface area contributed by atoms with Crippen LogP contribution in [-0.4, -0.2) is 21.8 Å². The Labute approximate surface area is 172 Å². The summed E-state index contributed by atoms with van der Waals surface area (Å²) in [6, 6.07) is 12.7. The predicted molar refractivity (Wildman–Crippen MR) is 112 cm³/mol. The maximum absolute atomic E-state index is 12.9. The molecule has 3 aromatic rings. The molecule has 1 aliphatic carbocycles. The Hall–Kier alpha value is -2.75. The molecular formula is C20H16N2O4S3. The highest BCUT2D eigenvalue weighted by Crippen LogP contribution is 2.28. The number of benzene rings is 1. The van der Waals surface area contributed by atoms with E-state index in [9.17, 15) is 16.8 Å². The molecule has 0 saturated heterocycles. The SMILES string of the molecule is O=S(=O)(NC1=c2ncccc2=CCC=C1)c1cc(S(=O)(=O)c2ccccc2)cs1. The van der Waals surface area contributed by atoms with E-state index in [-0.39, 0.29) is 14.0 Å². The molecule has 29 heavy (non-hydrogen) atoms. The van der Waals surface area contributed by atoms with E-state index < -0.39 is 19.9 Å². The third-order valence-corrected chi connectivity index (χ3v) is 8.98. The molecule has 1 aromatic carbocycles. The molecule has 0 bridgehead atoms. The lowest BCUT2D eigenvalue weighted by molar-refractivity contribution is 0.593. The van der Waals surface area contributed by atoms with Gasteiger partial charge in [-0.1, -0.05) is 36.4 Å². The van der Waals surface area contributed by atoms with E-state index in [1.807, 2.05) is 18.2 Å².